The minimum atomic E-state index is -2.97. The van der Waals surface area contributed by atoms with Crippen LogP contribution in [0.15, 0.2) is 48.5 Å². The third kappa shape index (κ3) is 7.37. The molecule has 2 aromatic carbocycles. The number of fused-ring (bicyclic) bond motifs is 1. The van der Waals surface area contributed by atoms with Gasteiger partial charge in [0.05, 0.1) is 19.8 Å². The Labute approximate surface area is 205 Å². The van der Waals surface area contributed by atoms with Crippen LogP contribution >= 0.6 is 0 Å². The van der Waals surface area contributed by atoms with E-state index >= 15 is 0 Å². The van der Waals surface area contributed by atoms with Gasteiger partial charge in [0, 0.05) is 6.61 Å². The quantitative estimate of drug-likeness (QED) is 0.186. The highest BCUT2D eigenvalue weighted by Crippen LogP contribution is 2.22. The molecule has 0 radical (unpaired) electrons. The van der Waals surface area contributed by atoms with Crippen LogP contribution in [0.1, 0.15) is 45.6 Å². The number of carbonyl (C=O) groups excluding carboxylic acids is 3. The fourth-order valence-corrected chi connectivity index (χ4v) is 3.53. The van der Waals surface area contributed by atoms with Crippen LogP contribution in [-0.4, -0.2) is 61.1 Å². The van der Waals surface area contributed by atoms with E-state index in [1.165, 1.54) is 24.6 Å². The second kappa shape index (κ2) is 14.2. The molecular formula is C27H34O8. The lowest BCUT2D eigenvalue weighted by Crippen LogP contribution is -2.61. The Hall–Kier alpha value is -3.23. The van der Waals surface area contributed by atoms with Crippen LogP contribution in [-0.2, 0) is 33.3 Å². The van der Waals surface area contributed by atoms with E-state index in [0.29, 0.717) is 12.8 Å². The zero-order valence-electron chi connectivity index (χ0n) is 20.5. The summed E-state index contributed by atoms with van der Waals surface area (Å²) in [7, 11) is 0. The summed E-state index contributed by atoms with van der Waals surface area (Å²) < 4.78 is 20.1. The highest BCUT2D eigenvalue weighted by molar-refractivity contribution is 6.08. The third-order valence-corrected chi connectivity index (χ3v) is 5.22. The zero-order valence-corrected chi connectivity index (χ0v) is 20.5. The van der Waals surface area contributed by atoms with E-state index in [4.69, 9.17) is 18.9 Å². The second-order valence-electron chi connectivity index (χ2n) is 7.68. The van der Waals surface area contributed by atoms with E-state index in [0.717, 1.165) is 12.0 Å². The maximum atomic E-state index is 12.5. The van der Waals surface area contributed by atoms with Crippen molar-refractivity contribution < 1.29 is 38.4 Å². The lowest BCUT2D eigenvalue weighted by Gasteiger charge is -2.30. The van der Waals surface area contributed by atoms with Crippen molar-refractivity contribution in [3.63, 3.8) is 0 Å². The summed E-state index contributed by atoms with van der Waals surface area (Å²) in [6, 6.07) is 14.3. The van der Waals surface area contributed by atoms with Gasteiger partial charge in [0.25, 0.3) is 5.60 Å². The van der Waals surface area contributed by atoms with Gasteiger partial charge in [-0.3, -0.25) is 0 Å². The minimum absolute atomic E-state index is 0.00666. The van der Waals surface area contributed by atoms with Crippen LogP contribution in [0.25, 0.3) is 16.8 Å². The third-order valence-electron chi connectivity index (χ3n) is 5.22. The number of hydrogen-bond acceptors (Lipinski definition) is 8. The molecule has 2 rings (SSSR count). The molecular weight excluding hydrogens is 452 g/mol. The van der Waals surface area contributed by atoms with E-state index in [9.17, 15) is 19.5 Å². The molecule has 35 heavy (non-hydrogen) atoms. The largest absolute Gasteiger partial charge is 0.464 e. The summed E-state index contributed by atoms with van der Waals surface area (Å²) in [5, 5.41) is 13.3. The van der Waals surface area contributed by atoms with Crippen LogP contribution in [0, 0.1) is 0 Å². The number of esters is 3. The molecule has 0 aliphatic rings. The van der Waals surface area contributed by atoms with Gasteiger partial charge in [-0.1, -0.05) is 54.6 Å². The molecule has 1 N–H and O–H groups in total. The number of ether oxygens (including phenoxy) is 4. The fourth-order valence-electron chi connectivity index (χ4n) is 3.53. The van der Waals surface area contributed by atoms with E-state index < -0.39 is 29.6 Å². The molecule has 0 amide bonds. The minimum Gasteiger partial charge on any atom is -0.464 e. The number of carbonyl (C=O) groups is 3. The Balaban J connectivity index is 2.00. The lowest BCUT2D eigenvalue weighted by molar-refractivity contribution is -0.208. The second-order valence-corrected chi connectivity index (χ2v) is 7.68. The molecule has 1 unspecified atom stereocenters. The Morgan fingerprint density at radius 2 is 1.51 bits per heavy atom. The molecule has 0 bridgehead atoms. The number of aliphatic hydroxyl groups is 1. The predicted molar refractivity (Wildman–Crippen MR) is 131 cm³/mol. The molecule has 0 aromatic heterocycles. The number of hydrogen-bond donors (Lipinski definition) is 1. The molecule has 8 nitrogen and oxygen atoms in total. The number of unbranched alkanes of at least 4 members (excludes halogenated alkanes) is 2. The maximum Gasteiger partial charge on any atom is 0.353 e. The molecule has 0 saturated carbocycles. The Bertz CT molecular complexity index is 990. The topological polar surface area (TPSA) is 108 Å². The van der Waals surface area contributed by atoms with Crippen LogP contribution in [0.5, 0.6) is 0 Å². The van der Waals surface area contributed by atoms with E-state index in [-0.39, 0.29) is 26.4 Å². The van der Waals surface area contributed by atoms with E-state index in [2.05, 4.69) is 36.4 Å². The van der Waals surface area contributed by atoms with Crippen molar-refractivity contribution in [2.75, 3.05) is 26.4 Å². The molecule has 190 valence electrons. The highest BCUT2D eigenvalue weighted by atomic mass is 16.6. The number of benzene rings is 2. The molecule has 2 aromatic rings. The summed E-state index contributed by atoms with van der Waals surface area (Å²) in [5.41, 5.74) is -1.84. The van der Waals surface area contributed by atoms with Crippen molar-refractivity contribution in [2.45, 2.75) is 51.7 Å². The molecule has 1 atom stereocenters. The smallest absolute Gasteiger partial charge is 0.353 e. The van der Waals surface area contributed by atoms with Gasteiger partial charge >= 0.3 is 17.9 Å². The first-order chi connectivity index (χ1) is 16.9. The van der Waals surface area contributed by atoms with Crippen molar-refractivity contribution in [1.29, 1.82) is 0 Å². The maximum absolute atomic E-state index is 12.5. The fraction of sp³-hybridized carbons (Fsp3) is 0.444. The van der Waals surface area contributed by atoms with Gasteiger partial charge in [0.2, 0.25) is 6.10 Å². The molecule has 0 aliphatic carbocycles. The molecule has 0 fully saturated rings. The Morgan fingerprint density at radius 1 is 0.886 bits per heavy atom. The SMILES string of the molecule is CCOC(=O)C(OCCCCC=Cc1cccc2ccccc12)C(O)(C(=O)OCC)C(=O)OCC. The molecule has 8 heteroatoms. The van der Waals surface area contributed by atoms with Crippen LogP contribution < -0.4 is 0 Å². The highest BCUT2D eigenvalue weighted by Gasteiger charge is 2.58. The normalized spacial score (nSPS) is 12.5. The van der Waals surface area contributed by atoms with Gasteiger partial charge < -0.3 is 24.1 Å². The van der Waals surface area contributed by atoms with Crippen molar-refractivity contribution in [2.24, 2.45) is 0 Å². The van der Waals surface area contributed by atoms with E-state index in [1.807, 2.05) is 18.2 Å². The lowest BCUT2D eigenvalue weighted by atomic mass is 9.96. The van der Waals surface area contributed by atoms with Gasteiger partial charge in [0.15, 0.2) is 0 Å². The van der Waals surface area contributed by atoms with Crippen LogP contribution in [0.2, 0.25) is 0 Å². The van der Waals surface area contributed by atoms with Crippen molar-refractivity contribution >= 4 is 34.8 Å². The van der Waals surface area contributed by atoms with Crippen LogP contribution in [0.4, 0.5) is 0 Å². The van der Waals surface area contributed by atoms with Crippen molar-refractivity contribution in [1.82, 2.24) is 0 Å². The van der Waals surface area contributed by atoms with Gasteiger partial charge in [-0.25, -0.2) is 14.4 Å². The van der Waals surface area contributed by atoms with Crippen LogP contribution in [0.3, 0.4) is 0 Å². The van der Waals surface area contributed by atoms with Gasteiger partial charge in [-0.15, -0.1) is 0 Å². The zero-order chi connectivity index (χ0) is 25.7. The first-order valence-corrected chi connectivity index (χ1v) is 11.9. The average Bonchev–Trinajstić information content (AvgIpc) is 2.85. The first kappa shape index (κ1) is 28.0. The first-order valence-electron chi connectivity index (χ1n) is 11.9. The van der Waals surface area contributed by atoms with Crippen molar-refractivity contribution in [3.05, 3.63) is 54.1 Å². The van der Waals surface area contributed by atoms with Gasteiger partial charge in [-0.05, 0) is 56.4 Å². The molecule has 0 saturated heterocycles. The van der Waals surface area contributed by atoms with Gasteiger partial charge in [0.1, 0.15) is 0 Å². The molecule has 0 heterocycles. The Morgan fingerprint density at radius 3 is 2.17 bits per heavy atom. The Kier molecular flexibility index (Phi) is 11.4. The molecule has 0 aliphatic heterocycles. The summed E-state index contributed by atoms with van der Waals surface area (Å²) in [4.78, 5) is 37.4. The average molecular weight is 487 g/mol. The standard InChI is InChI=1S/C27H34O8/c1-4-32-24(28)23(27(31,25(29)33-5-2)26(30)34-6-3)35-19-12-8-7-9-14-20-16-13-17-21-15-10-11-18-22(20)21/h9-11,13-18,23,31H,4-8,12,19H2,1-3H3. The summed E-state index contributed by atoms with van der Waals surface area (Å²) in [5.74, 6) is -3.70. The van der Waals surface area contributed by atoms with Gasteiger partial charge in [-0.2, -0.15) is 0 Å². The van der Waals surface area contributed by atoms with E-state index in [1.54, 1.807) is 6.92 Å². The predicted octanol–water partition coefficient (Wildman–Crippen LogP) is 3.83. The monoisotopic (exact) mass is 486 g/mol. The summed E-state index contributed by atoms with van der Waals surface area (Å²) >= 11 is 0. The molecule has 0 spiro atoms. The number of allylic oxidation sites excluding steroid dienone is 1. The van der Waals surface area contributed by atoms with Crippen molar-refractivity contribution in [3.8, 4) is 0 Å². The summed E-state index contributed by atoms with van der Waals surface area (Å²) in [6.07, 6.45) is 4.18. The summed E-state index contributed by atoms with van der Waals surface area (Å²) in [6.45, 7) is 4.33. The number of rotatable bonds is 14.